The summed E-state index contributed by atoms with van der Waals surface area (Å²) in [5, 5.41) is 2.16. The molecule has 0 spiro atoms. The molecule has 8 aromatic carbocycles. The van der Waals surface area contributed by atoms with Gasteiger partial charge in [0.1, 0.15) is 0 Å². The maximum Gasteiger partial charge on any atom is 0.0973 e. The lowest BCUT2D eigenvalue weighted by Crippen LogP contribution is -2.11. The van der Waals surface area contributed by atoms with Crippen molar-refractivity contribution >= 4 is 38.9 Å². The van der Waals surface area contributed by atoms with Crippen LogP contribution < -0.4 is 4.90 Å². The van der Waals surface area contributed by atoms with E-state index in [-0.39, 0.29) is 0 Å². The Morgan fingerprint density at radius 3 is 1.57 bits per heavy atom. The molecule has 0 saturated carbocycles. The Kier molecular flexibility index (Phi) is 7.84. The van der Waals surface area contributed by atoms with Crippen molar-refractivity contribution < 1.29 is 0 Å². The third-order valence-corrected chi connectivity index (χ3v) is 9.43. The van der Waals surface area contributed by atoms with Crippen molar-refractivity contribution in [1.82, 2.24) is 9.97 Å². The van der Waals surface area contributed by atoms with Gasteiger partial charge in [-0.1, -0.05) is 164 Å². The molecular formula is C48H33N3. The number of hydrogen-bond acceptors (Lipinski definition) is 3. The van der Waals surface area contributed by atoms with E-state index < -0.39 is 0 Å². The SMILES string of the molecule is c1ccc(-c2cccc(N(c3ccc4ccc5nc(-c6ccccc6)c(-c6ccccc6)nc5c4c3)c3ccccc3-c3ccccc3)c2)cc1. The topological polar surface area (TPSA) is 29.0 Å². The Hall–Kier alpha value is -6.84. The fourth-order valence-corrected chi connectivity index (χ4v) is 6.97. The Morgan fingerprint density at radius 2 is 0.882 bits per heavy atom. The number of benzene rings is 8. The highest BCUT2D eigenvalue weighted by Crippen LogP contribution is 2.43. The molecule has 3 heteroatoms. The van der Waals surface area contributed by atoms with Gasteiger partial charge in [0.05, 0.1) is 28.1 Å². The molecule has 0 aliphatic heterocycles. The molecule has 1 heterocycles. The normalized spacial score (nSPS) is 11.1. The van der Waals surface area contributed by atoms with Crippen LogP contribution in [0.25, 0.3) is 66.6 Å². The van der Waals surface area contributed by atoms with Crippen LogP contribution in [-0.2, 0) is 0 Å². The number of hydrogen-bond donors (Lipinski definition) is 0. The summed E-state index contributed by atoms with van der Waals surface area (Å²) < 4.78 is 0. The van der Waals surface area contributed by atoms with Crippen molar-refractivity contribution in [2.75, 3.05) is 4.90 Å². The molecule has 51 heavy (non-hydrogen) atoms. The van der Waals surface area contributed by atoms with E-state index in [0.717, 1.165) is 78.1 Å². The average Bonchev–Trinajstić information content (AvgIpc) is 3.22. The summed E-state index contributed by atoms with van der Waals surface area (Å²) in [6, 6.07) is 70.3. The van der Waals surface area contributed by atoms with Crippen LogP contribution in [0.3, 0.4) is 0 Å². The van der Waals surface area contributed by atoms with Crippen LogP contribution in [-0.4, -0.2) is 9.97 Å². The molecule has 0 saturated heterocycles. The largest absolute Gasteiger partial charge is 0.310 e. The summed E-state index contributed by atoms with van der Waals surface area (Å²) >= 11 is 0. The minimum Gasteiger partial charge on any atom is -0.310 e. The first-order valence-electron chi connectivity index (χ1n) is 17.3. The van der Waals surface area contributed by atoms with Crippen LogP contribution in [0.15, 0.2) is 200 Å². The van der Waals surface area contributed by atoms with Gasteiger partial charge < -0.3 is 4.90 Å². The van der Waals surface area contributed by atoms with Gasteiger partial charge in [0, 0.05) is 33.5 Å². The van der Waals surface area contributed by atoms with Gasteiger partial charge in [0.2, 0.25) is 0 Å². The van der Waals surface area contributed by atoms with Gasteiger partial charge in [-0.3, -0.25) is 0 Å². The number of rotatable bonds is 7. The zero-order chi connectivity index (χ0) is 34.0. The molecule has 1 aromatic heterocycles. The van der Waals surface area contributed by atoms with E-state index in [1.807, 2.05) is 12.1 Å². The summed E-state index contributed by atoms with van der Waals surface area (Å²) in [5.41, 5.74) is 13.4. The van der Waals surface area contributed by atoms with Gasteiger partial charge in [0.25, 0.3) is 0 Å². The third kappa shape index (κ3) is 5.81. The lowest BCUT2D eigenvalue weighted by Gasteiger charge is -2.28. The molecule has 0 atom stereocenters. The first kappa shape index (κ1) is 30.2. The van der Waals surface area contributed by atoms with E-state index in [4.69, 9.17) is 9.97 Å². The maximum absolute atomic E-state index is 5.43. The standard InChI is InChI=1S/C48H33N3/c1-5-16-34(17-6-1)39-24-15-25-40(32-39)51(45-27-14-13-26-42(45)35-18-7-2-8-19-35)41-30-28-36-29-31-44-48(43(36)33-41)50-47(38-22-11-4-12-23-38)46(49-44)37-20-9-3-10-21-37/h1-33H. The summed E-state index contributed by atoms with van der Waals surface area (Å²) in [7, 11) is 0. The van der Waals surface area contributed by atoms with Crippen molar-refractivity contribution in [3.63, 3.8) is 0 Å². The number of anilines is 3. The first-order chi connectivity index (χ1) is 25.3. The Balaban J connectivity index is 1.29. The van der Waals surface area contributed by atoms with Crippen LogP contribution in [0.1, 0.15) is 0 Å². The number of para-hydroxylation sites is 1. The second kappa shape index (κ2) is 13.2. The molecule has 0 fully saturated rings. The summed E-state index contributed by atoms with van der Waals surface area (Å²) in [5.74, 6) is 0. The van der Waals surface area contributed by atoms with Gasteiger partial charge in [0.15, 0.2) is 0 Å². The van der Waals surface area contributed by atoms with E-state index in [2.05, 4.69) is 193 Å². The fraction of sp³-hybridized carbons (Fsp3) is 0. The van der Waals surface area contributed by atoms with Gasteiger partial charge in [-0.2, -0.15) is 0 Å². The second-order valence-corrected chi connectivity index (χ2v) is 12.6. The second-order valence-electron chi connectivity index (χ2n) is 12.6. The number of aromatic nitrogens is 2. The van der Waals surface area contributed by atoms with Gasteiger partial charge >= 0.3 is 0 Å². The minimum atomic E-state index is 0.862. The lowest BCUT2D eigenvalue weighted by molar-refractivity contribution is 1.28. The van der Waals surface area contributed by atoms with Crippen molar-refractivity contribution in [3.8, 4) is 44.8 Å². The summed E-state index contributed by atoms with van der Waals surface area (Å²) in [6.45, 7) is 0. The number of nitrogens with zero attached hydrogens (tertiary/aromatic N) is 3. The van der Waals surface area contributed by atoms with Crippen molar-refractivity contribution in [2.45, 2.75) is 0 Å². The highest BCUT2D eigenvalue weighted by atomic mass is 15.1. The van der Waals surface area contributed by atoms with Crippen LogP contribution in [0.2, 0.25) is 0 Å². The molecule has 9 rings (SSSR count). The average molecular weight is 652 g/mol. The molecule has 3 nitrogen and oxygen atoms in total. The zero-order valence-electron chi connectivity index (χ0n) is 27.9. The van der Waals surface area contributed by atoms with E-state index in [0.29, 0.717) is 0 Å². The van der Waals surface area contributed by atoms with Crippen LogP contribution in [0.5, 0.6) is 0 Å². The fourth-order valence-electron chi connectivity index (χ4n) is 6.97. The first-order valence-corrected chi connectivity index (χ1v) is 17.3. The highest BCUT2D eigenvalue weighted by molar-refractivity contribution is 6.07. The highest BCUT2D eigenvalue weighted by Gasteiger charge is 2.20. The lowest BCUT2D eigenvalue weighted by atomic mass is 9.99. The predicted octanol–water partition coefficient (Wildman–Crippen LogP) is 12.9. The summed E-state index contributed by atoms with van der Waals surface area (Å²) in [6.07, 6.45) is 0. The molecule has 0 unspecified atom stereocenters. The molecular weight excluding hydrogens is 619 g/mol. The maximum atomic E-state index is 5.43. The third-order valence-electron chi connectivity index (χ3n) is 9.43. The van der Waals surface area contributed by atoms with Crippen molar-refractivity contribution in [3.05, 3.63) is 200 Å². The van der Waals surface area contributed by atoms with E-state index in [1.54, 1.807) is 0 Å². The molecule has 0 amide bonds. The van der Waals surface area contributed by atoms with Crippen molar-refractivity contribution in [1.29, 1.82) is 0 Å². The smallest absolute Gasteiger partial charge is 0.0973 e. The molecule has 0 bridgehead atoms. The molecule has 0 aliphatic carbocycles. The molecule has 0 aliphatic rings. The Bertz CT molecular complexity index is 2620. The number of fused-ring (bicyclic) bond motifs is 3. The van der Waals surface area contributed by atoms with Crippen LogP contribution in [0, 0.1) is 0 Å². The minimum absolute atomic E-state index is 0.862. The van der Waals surface area contributed by atoms with E-state index in [9.17, 15) is 0 Å². The van der Waals surface area contributed by atoms with E-state index in [1.165, 1.54) is 5.56 Å². The van der Waals surface area contributed by atoms with Gasteiger partial charge in [-0.15, -0.1) is 0 Å². The van der Waals surface area contributed by atoms with Crippen molar-refractivity contribution in [2.24, 2.45) is 0 Å². The quantitative estimate of drug-likeness (QED) is 0.161. The van der Waals surface area contributed by atoms with E-state index >= 15 is 0 Å². The predicted molar refractivity (Wildman–Crippen MR) is 213 cm³/mol. The Morgan fingerprint density at radius 1 is 0.353 bits per heavy atom. The van der Waals surface area contributed by atoms with Crippen LogP contribution >= 0.6 is 0 Å². The monoisotopic (exact) mass is 651 g/mol. The molecule has 0 N–H and O–H groups in total. The zero-order valence-corrected chi connectivity index (χ0v) is 27.9. The molecule has 9 aromatic rings. The summed E-state index contributed by atoms with van der Waals surface area (Å²) in [4.78, 5) is 13.1. The van der Waals surface area contributed by atoms with Gasteiger partial charge in [-0.05, 0) is 58.5 Å². The Labute approximate surface area is 297 Å². The van der Waals surface area contributed by atoms with Gasteiger partial charge in [-0.25, -0.2) is 9.97 Å². The molecule has 240 valence electrons. The van der Waals surface area contributed by atoms with Crippen LogP contribution in [0.4, 0.5) is 17.1 Å². The molecule has 0 radical (unpaired) electrons.